The molecule has 68 heavy (non-hydrogen) atoms. The number of benzene rings is 8. The summed E-state index contributed by atoms with van der Waals surface area (Å²) in [5.41, 5.74) is 26.0. The minimum atomic E-state index is 0.0276. The lowest BCUT2D eigenvalue weighted by atomic mass is 9.57. The Bertz CT molecular complexity index is 3210. The molecule has 2 aliphatic carbocycles. The zero-order valence-corrected chi connectivity index (χ0v) is 41.6. The van der Waals surface area contributed by atoms with Gasteiger partial charge in [-0.15, -0.1) is 0 Å². The van der Waals surface area contributed by atoms with Crippen LogP contribution in [0, 0.1) is 6.92 Å². The van der Waals surface area contributed by atoms with Crippen molar-refractivity contribution in [2.24, 2.45) is 0 Å². The standard InChI is InChI=1S/C65H65BN2/c1-42-35-52-55(65(8,9)34-31-62(52,2)3)41-58(42)68-59-37-47(44-21-15-11-16-22-44)27-30-56(59)66-61-51(36-48(38-60(61)68)45-23-17-12-18-24-45)50-39-53-54(64(6,7)33-32-63(53,4)5)40-57(50)67-49-28-25-46(26-29-49)43-19-13-10-14-20-43/h10-30,35-41,66-67H,31-34H2,1-9H3. The molecule has 2 nitrogen and oxygen atoms in total. The number of fused-ring (bicyclic) bond motifs is 4. The van der Waals surface area contributed by atoms with Crippen molar-refractivity contribution in [2.45, 2.75) is 110 Å². The summed E-state index contributed by atoms with van der Waals surface area (Å²) in [6.07, 6.45) is 4.66. The maximum absolute atomic E-state index is 4.07. The van der Waals surface area contributed by atoms with E-state index in [0.717, 1.165) is 31.5 Å². The maximum Gasteiger partial charge on any atom is 0.198 e. The van der Waals surface area contributed by atoms with E-state index in [-0.39, 0.29) is 21.7 Å². The summed E-state index contributed by atoms with van der Waals surface area (Å²) in [5, 5.41) is 4.07. The van der Waals surface area contributed by atoms with Gasteiger partial charge in [-0.1, -0.05) is 182 Å². The average Bonchev–Trinajstić information content (AvgIpc) is 3.34. The first-order valence-corrected chi connectivity index (χ1v) is 25.0. The smallest absolute Gasteiger partial charge is 0.198 e. The highest BCUT2D eigenvalue weighted by atomic mass is 15.2. The van der Waals surface area contributed by atoms with Gasteiger partial charge in [0, 0.05) is 34.0 Å². The second-order valence-electron chi connectivity index (χ2n) is 22.8. The number of hydrogen-bond donors (Lipinski definition) is 1. The number of hydrogen-bond acceptors (Lipinski definition) is 2. The Morgan fingerprint density at radius 1 is 0.397 bits per heavy atom. The first kappa shape index (κ1) is 44.0. The molecule has 0 amide bonds. The monoisotopic (exact) mass is 885 g/mol. The average molecular weight is 885 g/mol. The molecule has 8 aromatic carbocycles. The lowest BCUT2D eigenvalue weighted by molar-refractivity contribution is 0.332. The number of nitrogens with one attached hydrogen (secondary N) is 1. The van der Waals surface area contributed by atoms with Gasteiger partial charge in [0.15, 0.2) is 7.28 Å². The van der Waals surface area contributed by atoms with Gasteiger partial charge in [-0.3, -0.25) is 0 Å². The highest BCUT2D eigenvalue weighted by Crippen LogP contribution is 2.52. The molecule has 3 aliphatic rings. The number of anilines is 5. The fraction of sp³-hybridized carbons (Fsp3) is 0.262. The van der Waals surface area contributed by atoms with E-state index in [4.69, 9.17) is 0 Å². The minimum absolute atomic E-state index is 0.0276. The van der Waals surface area contributed by atoms with E-state index in [1.807, 2.05) is 0 Å². The Morgan fingerprint density at radius 3 is 1.43 bits per heavy atom. The van der Waals surface area contributed by atoms with Gasteiger partial charge in [-0.25, -0.2) is 0 Å². The van der Waals surface area contributed by atoms with Crippen molar-refractivity contribution in [2.75, 3.05) is 10.2 Å². The van der Waals surface area contributed by atoms with Crippen LogP contribution in [0.15, 0.2) is 170 Å². The van der Waals surface area contributed by atoms with Crippen molar-refractivity contribution in [3.63, 3.8) is 0 Å². The van der Waals surface area contributed by atoms with Crippen LogP contribution in [0.5, 0.6) is 0 Å². The Kier molecular flexibility index (Phi) is 10.5. The molecule has 1 aliphatic heterocycles. The van der Waals surface area contributed by atoms with Crippen molar-refractivity contribution >= 4 is 46.6 Å². The molecular weight excluding hydrogens is 820 g/mol. The molecule has 11 rings (SSSR count). The van der Waals surface area contributed by atoms with Crippen molar-refractivity contribution in [1.29, 1.82) is 0 Å². The molecule has 0 bridgehead atoms. The summed E-state index contributed by atoms with van der Waals surface area (Å²) in [7, 11) is 0.820. The Morgan fingerprint density at radius 2 is 0.853 bits per heavy atom. The molecule has 0 spiro atoms. The summed E-state index contributed by atoms with van der Waals surface area (Å²) in [6, 6.07) is 64.1. The highest BCUT2D eigenvalue weighted by molar-refractivity contribution is 6.73. The molecule has 338 valence electrons. The quantitative estimate of drug-likeness (QED) is 0.160. The maximum atomic E-state index is 4.07. The SMILES string of the molecule is Cc1cc2c(cc1N1c3cc(-c4ccccc4)ccc3Bc3c(-c4cc5c(cc4Nc4ccc(-c6ccccc6)cc4)C(C)(C)CCC5(C)C)cc(-c4ccccc4)cc31)C(C)(C)CCC2(C)C. The highest BCUT2D eigenvalue weighted by Gasteiger charge is 2.41. The number of aryl methyl sites for hydroxylation is 1. The lowest BCUT2D eigenvalue weighted by Gasteiger charge is -2.44. The molecule has 1 N–H and O–H groups in total. The second kappa shape index (κ2) is 16.3. The van der Waals surface area contributed by atoms with Gasteiger partial charge in [0.1, 0.15) is 0 Å². The minimum Gasteiger partial charge on any atom is -0.355 e. The summed E-state index contributed by atoms with van der Waals surface area (Å²) < 4.78 is 0. The predicted molar refractivity (Wildman–Crippen MR) is 294 cm³/mol. The van der Waals surface area contributed by atoms with E-state index in [1.54, 1.807) is 0 Å². The Labute approximate surface area is 406 Å². The normalized spacial score (nSPS) is 16.9. The third-order valence-electron chi connectivity index (χ3n) is 16.3. The van der Waals surface area contributed by atoms with E-state index in [1.165, 1.54) is 113 Å². The fourth-order valence-corrected chi connectivity index (χ4v) is 11.8. The van der Waals surface area contributed by atoms with Crippen LogP contribution in [0.2, 0.25) is 0 Å². The van der Waals surface area contributed by atoms with Crippen molar-refractivity contribution in [1.82, 2.24) is 0 Å². The molecule has 0 atom stereocenters. The molecule has 0 saturated carbocycles. The first-order valence-electron chi connectivity index (χ1n) is 25.0. The van der Waals surface area contributed by atoms with Gasteiger partial charge in [-0.05, 0) is 175 Å². The van der Waals surface area contributed by atoms with Crippen LogP contribution in [0.1, 0.15) is 109 Å². The lowest BCUT2D eigenvalue weighted by Crippen LogP contribution is -2.41. The summed E-state index contributed by atoms with van der Waals surface area (Å²) in [4.78, 5) is 2.66. The molecule has 0 aromatic heterocycles. The second-order valence-corrected chi connectivity index (χ2v) is 22.8. The van der Waals surface area contributed by atoms with Crippen LogP contribution < -0.4 is 21.1 Å². The van der Waals surface area contributed by atoms with Gasteiger partial charge in [0.05, 0.1) is 0 Å². The summed E-state index contributed by atoms with van der Waals surface area (Å²) in [5.74, 6) is 0. The zero-order chi connectivity index (χ0) is 47.2. The summed E-state index contributed by atoms with van der Waals surface area (Å²) in [6.45, 7) is 22.0. The molecule has 8 aromatic rings. The molecule has 3 heteroatoms. The van der Waals surface area contributed by atoms with Crippen molar-refractivity contribution < 1.29 is 0 Å². The van der Waals surface area contributed by atoms with E-state index < -0.39 is 0 Å². The fourth-order valence-electron chi connectivity index (χ4n) is 11.8. The van der Waals surface area contributed by atoms with Crippen LogP contribution in [0.3, 0.4) is 0 Å². The number of nitrogens with zero attached hydrogens (tertiary/aromatic N) is 1. The largest absolute Gasteiger partial charge is 0.355 e. The van der Waals surface area contributed by atoms with Crippen LogP contribution >= 0.6 is 0 Å². The molecule has 0 radical (unpaired) electrons. The molecular formula is C65H65BN2. The van der Waals surface area contributed by atoms with E-state index >= 15 is 0 Å². The van der Waals surface area contributed by atoms with Crippen LogP contribution in [0.4, 0.5) is 28.4 Å². The summed E-state index contributed by atoms with van der Waals surface area (Å²) >= 11 is 0. The third-order valence-corrected chi connectivity index (χ3v) is 16.3. The first-order chi connectivity index (χ1) is 32.6. The molecule has 0 saturated heterocycles. The van der Waals surface area contributed by atoms with Gasteiger partial charge in [0.25, 0.3) is 0 Å². The molecule has 1 heterocycles. The van der Waals surface area contributed by atoms with Gasteiger partial charge in [-0.2, -0.15) is 0 Å². The topological polar surface area (TPSA) is 15.3 Å². The Balaban J connectivity index is 1.19. The predicted octanol–water partition coefficient (Wildman–Crippen LogP) is 16.3. The number of rotatable bonds is 7. The van der Waals surface area contributed by atoms with Crippen LogP contribution in [0.25, 0.3) is 44.5 Å². The van der Waals surface area contributed by atoms with E-state index in [9.17, 15) is 0 Å². The van der Waals surface area contributed by atoms with E-state index in [0.29, 0.717) is 0 Å². The van der Waals surface area contributed by atoms with Crippen LogP contribution in [-0.2, 0) is 21.7 Å². The van der Waals surface area contributed by atoms with Crippen LogP contribution in [-0.4, -0.2) is 7.28 Å². The van der Waals surface area contributed by atoms with E-state index in [2.05, 4.69) is 242 Å². The zero-order valence-electron chi connectivity index (χ0n) is 41.6. The molecule has 0 fully saturated rings. The van der Waals surface area contributed by atoms with Gasteiger partial charge < -0.3 is 10.2 Å². The Hall–Kier alpha value is -6.58. The van der Waals surface area contributed by atoms with Crippen molar-refractivity contribution in [3.8, 4) is 44.5 Å². The molecule has 0 unspecified atom stereocenters. The third kappa shape index (κ3) is 7.69. The van der Waals surface area contributed by atoms with Crippen molar-refractivity contribution in [3.05, 3.63) is 198 Å². The van der Waals surface area contributed by atoms with Gasteiger partial charge >= 0.3 is 0 Å². The van der Waals surface area contributed by atoms with Gasteiger partial charge in [0.2, 0.25) is 0 Å².